The summed E-state index contributed by atoms with van der Waals surface area (Å²) in [6.07, 6.45) is 2.33. The quantitative estimate of drug-likeness (QED) is 0.792. The minimum atomic E-state index is -0.764. The highest BCUT2D eigenvalue weighted by atomic mass is 16.5. The molecular formula is C21H23NO5. The number of carbonyl (C=O) groups is 2. The van der Waals surface area contributed by atoms with Crippen molar-refractivity contribution < 1.29 is 24.2 Å². The van der Waals surface area contributed by atoms with E-state index in [9.17, 15) is 9.59 Å². The Morgan fingerprint density at radius 2 is 1.52 bits per heavy atom. The molecule has 3 rings (SSSR count). The van der Waals surface area contributed by atoms with Crippen molar-refractivity contribution in [1.82, 2.24) is 0 Å². The van der Waals surface area contributed by atoms with E-state index in [1.165, 1.54) is 0 Å². The van der Waals surface area contributed by atoms with Gasteiger partial charge in [-0.25, -0.2) is 0 Å². The number of carbonyl (C=O) groups excluding carboxylic acids is 1. The summed E-state index contributed by atoms with van der Waals surface area (Å²) in [7, 11) is 1.59. The summed E-state index contributed by atoms with van der Waals surface area (Å²) in [5.74, 6) is 0.626. The van der Waals surface area contributed by atoms with Crippen molar-refractivity contribution in [1.29, 1.82) is 0 Å². The van der Waals surface area contributed by atoms with Crippen LogP contribution >= 0.6 is 0 Å². The van der Waals surface area contributed by atoms with Gasteiger partial charge in [0.15, 0.2) is 11.5 Å². The highest BCUT2D eigenvalue weighted by Gasteiger charge is 2.29. The molecule has 1 aliphatic rings. The van der Waals surface area contributed by atoms with Crippen LogP contribution in [0.15, 0.2) is 48.5 Å². The van der Waals surface area contributed by atoms with Crippen molar-refractivity contribution in [3.05, 3.63) is 48.5 Å². The monoisotopic (exact) mass is 369 g/mol. The fourth-order valence-corrected chi connectivity index (χ4v) is 3.28. The zero-order chi connectivity index (χ0) is 19.2. The van der Waals surface area contributed by atoms with Crippen LogP contribution in [0.25, 0.3) is 0 Å². The lowest BCUT2D eigenvalue weighted by Crippen LogP contribution is -2.29. The number of para-hydroxylation sites is 2. The van der Waals surface area contributed by atoms with Gasteiger partial charge in [-0.2, -0.15) is 0 Å². The molecule has 0 bridgehead atoms. The van der Waals surface area contributed by atoms with Crippen molar-refractivity contribution in [3.8, 4) is 17.2 Å². The summed E-state index contributed by atoms with van der Waals surface area (Å²) >= 11 is 0. The Bertz CT molecular complexity index is 794. The van der Waals surface area contributed by atoms with E-state index < -0.39 is 5.97 Å². The average Bonchev–Trinajstić information content (AvgIpc) is 2.70. The number of anilines is 1. The molecule has 142 valence electrons. The molecule has 0 spiro atoms. The van der Waals surface area contributed by atoms with Crippen LogP contribution in [-0.2, 0) is 9.59 Å². The van der Waals surface area contributed by atoms with Gasteiger partial charge in [0.25, 0.3) is 0 Å². The van der Waals surface area contributed by atoms with Gasteiger partial charge in [-0.3, -0.25) is 9.59 Å². The third-order valence-corrected chi connectivity index (χ3v) is 4.87. The second-order valence-corrected chi connectivity index (χ2v) is 6.65. The van der Waals surface area contributed by atoms with Gasteiger partial charge in [-0.15, -0.1) is 0 Å². The molecule has 27 heavy (non-hydrogen) atoms. The van der Waals surface area contributed by atoms with Crippen molar-refractivity contribution in [2.75, 3.05) is 12.4 Å². The topological polar surface area (TPSA) is 84.9 Å². The van der Waals surface area contributed by atoms with E-state index in [0.717, 1.165) is 0 Å². The van der Waals surface area contributed by atoms with E-state index in [1.54, 1.807) is 31.4 Å². The zero-order valence-electron chi connectivity index (χ0n) is 15.2. The number of rotatable bonds is 6. The number of carboxylic acids is 1. The molecule has 6 nitrogen and oxygen atoms in total. The SMILES string of the molecule is COc1ccccc1Oc1ccc(NC(=O)C2CCC(C(=O)O)CC2)cc1. The van der Waals surface area contributed by atoms with Gasteiger partial charge in [0.1, 0.15) is 5.75 Å². The third kappa shape index (κ3) is 4.78. The fourth-order valence-electron chi connectivity index (χ4n) is 3.28. The summed E-state index contributed by atoms with van der Waals surface area (Å²) in [6, 6.07) is 14.5. The first-order valence-corrected chi connectivity index (χ1v) is 9.01. The largest absolute Gasteiger partial charge is 0.493 e. The molecule has 1 amide bonds. The van der Waals surface area contributed by atoms with Gasteiger partial charge < -0.3 is 19.9 Å². The maximum atomic E-state index is 12.4. The first-order chi connectivity index (χ1) is 13.1. The van der Waals surface area contributed by atoms with Gasteiger partial charge in [-0.1, -0.05) is 12.1 Å². The molecule has 2 aromatic carbocycles. The number of methoxy groups -OCH3 is 1. The Hall–Kier alpha value is -3.02. The van der Waals surface area contributed by atoms with Gasteiger partial charge in [0, 0.05) is 11.6 Å². The van der Waals surface area contributed by atoms with Crippen molar-refractivity contribution in [2.24, 2.45) is 11.8 Å². The second kappa shape index (κ2) is 8.58. The predicted octanol–water partition coefficient (Wildman–Crippen LogP) is 4.32. The number of nitrogens with one attached hydrogen (secondary N) is 1. The third-order valence-electron chi connectivity index (χ3n) is 4.87. The molecule has 0 aromatic heterocycles. The number of carboxylic acid groups (broad SMARTS) is 1. The number of benzene rings is 2. The van der Waals surface area contributed by atoms with Gasteiger partial charge >= 0.3 is 5.97 Å². The summed E-state index contributed by atoms with van der Waals surface area (Å²) in [5, 5.41) is 11.9. The minimum Gasteiger partial charge on any atom is -0.493 e. The van der Waals surface area contributed by atoms with E-state index in [4.69, 9.17) is 14.6 Å². The van der Waals surface area contributed by atoms with Crippen LogP contribution in [0.5, 0.6) is 17.2 Å². The molecular weight excluding hydrogens is 346 g/mol. The first-order valence-electron chi connectivity index (χ1n) is 9.01. The molecule has 1 saturated carbocycles. The maximum absolute atomic E-state index is 12.4. The van der Waals surface area contributed by atoms with Crippen LogP contribution in [-0.4, -0.2) is 24.1 Å². The Morgan fingerprint density at radius 3 is 2.11 bits per heavy atom. The minimum absolute atomic E-state index is 0.0581. The lowest BCUT2D eigenvalue weighted by atomic mass is 9.81. The second-order valence-electron chi connectivity index (χ2n) is 6.65. The van der Waals surface area contributed by atoms with Crippen LogP contribution in [0, 0.1) is 11.8 Å². The molecule has 1 aliphatic carbocycles. The Morgan fingerprint density at radius 1 is 0.926 bits per heavy atom. The molecule has 0 radical (unpaired) electrons. The van der Waals surface area contributed by atoms with E-state index in [2.05, 4.69) is 5.32 Å². The maximum Gasteiger partial charge on any atom is 0.306 e. The molecule has 2 N–H and O–H groups in total. The summed E-state index contributed by atoms with van der Waals surface area (Å²) in [6.45, 7) is 0. The summed E-state index contributed by atoms with van der Waals surface area (Å²) in [4.78, 5) is 23.4. The molecule has 0 aliphatic heterocycles. The number of ether oxygens (including phenoxy) is 2. The van der Waals surface area contributed by atoms with Crippen molar-refractivity contribution >= 4 is 17.6 Å². The fraction of sp³-hybridized carbons (Fsp3) is 0.333. The van der Waals surface area contributed by atoms with E-state index in [1.807, 2.05) is 24.3 Å². The Kier molecular flexibility index (Phi) is 5.96. The summed E-state index contributed by atoms with van der Waals surface area (Å²) in [5.41, 5.74) is 0.688. The Labute approximate surface area is 158 Å². The first kappa shape index (κ1) is 18.8. The van der Waals surface area contributed by atoms with E-state index in [-0.39, 0.29) is 17.7 Å². The smallest absolute Gasteiger partial charge is 0.306 e. The van der Waals surface area contributed by atoms with Crippen LogP contribution in [0.1, 0.15) is 25.7 Å². The van der Waals surface area contributed by atoms with E-state index in [0.29, 0.717) is 48.6 Å². The number of aliphatic carboxylic acids is 1. The highest BCUT2D eigenvalue weighted by molar-refractivity contribution is 5.92. The van der Waals surface area contributed by atoms with E-state index >= 15 is 0 Å². The molecule has 6 heteroatoms. The Balaban J connectivity index is 1.56. The number of hydrogen-bond donors (Lipinski definition) is 2. The van der Waals surface area contributed by atoms with Gasteiger partial charge in [0.2, 0.25) is 5.91 Å². The molecule has 2 aromatic rings. The van der Waals surface area contributed by atoms with Crippen LogP contribution < -0.4 is 14.8 Å². The molecule has 0 heterocycles. The van der Waals surface area contributed by atoms with Gasteiger partial charge in [0.05, 0.1) is 13.0 Å². The average molecular weight is 369 g/mol. The molecule has 0 saturated heterocycles. The normalized spacial score (nSPS) is 19.1. The van der Waals surface area contributed by atoms with Gasteiger partial charge in [-0.05, 0) is 62.1 Å². The lowest BCUT2D eigenvalue weighted by molar-refractivity contribution is -0.143. The number of hydrogen-bond acceptors (Lipinski definition) is 4. The van der Waals surface area contributed by atoms with Crippen molar-refractivity contribution in [3.63, 3.8) is 0 Å². The summed E-state index contributed by atoms with van der Waals surface area (Å²) < 4.78 is 11.1. The molecule has 0 unspecified atom stereocenters. The standard InChI is InChI=1S/C21H23NO5/c1-26-18-4-2-3-5-19(18)27-17-12-10-16(11-13-17)22-20(23)14-6-8-15(9-7-14)21(24)25/h2-5,10-15H,6-9H2,1H3,(H,22,23)(H,24,25). The van der Waals surface area contributed by atoms with Crippen LogP contribution in [0.4, 0.5) is 5.69 Å². The molecule has 0 atom stereocenters. The van der Waals surface area contributed by atoms with Crippen LogP contribution in [0.3, 0.4) is 0 Å². The number of amides is 1. The highest BCUT2D eigenvalue weighted by Crippen LogP contribution is 2.32. The predicted molar refractivity (Wildman–Crippen MR) is 101 cm³/mol. The lowest BCUT2D eigenvalue weighted by Gasteiger charge is -2.25. The van der Waals surface area contributed by atoms with Crippen molar-refractivity contribution in [2.45, 2.75) is 25.7 Å². The molecule has 1 fully saturated rings. The van der Waals surface area contributed by atoms with Crippen LogP contribution in [0.2, 0.25) is 0 Å². The zero-order valence-corrected chi connectivity index (χ0v) is 15.2.